The summed E-state index contributed by atoms with van der Waals surface area (Å²) in [6.45, 7) is 2.53. The highest BCUT2D eigenvalue weighted by Crippen LogP contribution is 2.30. The maximum absolute atomic E-state index is 13.9. The van der Waals surface area contributed by atoms with E-state index in [1.807, 2.05) is 67.6 Å². The molecule has 1 unspecified atom stereocenters. The van der Waals surface area contributed by atoms with Gasteiger partial charge in [-0.05, 0) is 53.4 Å². The van der Waals surface area contributed by atoms with Crippen LogP contribution in [0.1, 0.15) is 34.3 Å². The highest BCUT2D eigenvalue weighted by Gasteiger charge is 2.28. The van der Waals surface area contributed by atoms with Crippen LogP contribution in [0.15, 0.2) is 114 Å². The van der Waals surface area contributed by atoms with E-state index in [4.69, 9.17) is 4.74 Å². The van der Waals surface area contributed by atoms with Gasteiger partial charge >= 0.3 is 0 Å². The molecular weight excluding hydrogens is 484 g/mol. The highest BCUT2D eigenvalue weighted by atomic mass is 32.2. The van der Waals surface area contributed by atoms with Crippen LogP contribution in [0.2, 0.25) is 0 Å². The molecule has 0 aliphatic heterocycles. The maximum Gasteiger partial charge on any atom is 0.264 e. The zero-order valence-corrected chi connectivity index (χ0v) is 21.7. The van der Waals surface area contributed by atoms with Gasteiger partial charge in [0.2, 0.25) is 0 Å². The number of ether oxygens (including phenoxy) is 1. The maximum atomic E-state index is 13.9. The SMILES string of the molecule is COc1ccc(S(=O)(=O)N(Cc2ccccc2)c2ccccc2C(=O)NCC(C)c2ccccc2)cc1. The Morgan fingerprint density at radius 1 is 0.838 bits per heavy atom. The first-order valence-corrected chi connectivity index (χ1v) is 13.5. The van der Waals surface area contributed by atoms with Crippen molar-refractivity contribution in [3.63, 3.8) is 0 Å². The van der Waals surface area contributed by atoms with Crippen LogP contribution in [0.3, 0.4) is 0 Å². The quantitative estimate of drug-likeness (QED) is 0.298. The number of benzene rings is 4. The summed E-state index contributed by atoms with van der Waals surface area (Å²) in [6.07, 6.45) is 0. The van der Waals surface area contributed by atoms with Crippen LogP contribution in [0, 0.1) is 0 Å². The van der Waals surface area contributed by atoms with Gasteiger partial charge in [-0.2, -0.15) is 0 Å². The molecule has 0 fully saturated rings. The molecule has 0 aliphatic carbocycles. The second kappa shape index (κ2) is 11.8. The fraction of sp³-hybridized carbons (Fsp3) is 0.167. The lowest BCUT2D eigenvalue weighted by Crippen LogP contribution is -2.34. The molecule has 0 spiro atoms. The molecule has 0 saturated carbocycles. The van der Waals surface area contributed by atoms with Crippen LogP contribution in [0.25, 0.3) is 0 Å². The third kappa shape index (κ3) is 6.19. The first-order valence-electron chi connectivity index (χ1n) is 12.0. The van der Waals surface area contributed by atoms with Crippen LogP contribution >= 0.6 is 0 Å². The third-order valence-corrected chi connectivity index (χ3v) is 7.95. The zero-order valence-electron chi connectivity index (χ0n) is 20.9. The predicted molar refractivity (Wildman–Crippen MR) is 146 cm³/mol. The van der Waals surface area contributed by atoms with E-state index in [-0.39, 0.29) is 28.8 Å². The van der Waals surface area contributed by atoms with E-state index >= 15 is 0 Å². The molecule has 0 heterocycles. The average molecular weight is 515 g/mol. The molecule has 0 aliphatic rings. The Hall–Kier alpha value is -4.10. The summed E-state index contributed by atoms with van der Waals surface area (Å²) in [5.74, 6) is 0.322. The predicted octanol–water partition coefficient (Wildman–Crippen LogP) is 5.62. The van der Waals surface area contributed by atoms with E-state index in [1.54, 1.807) is 36.4 Å². The summed E-state index contributed by atoms with van der Waals surface area (Å²) in [5, 5.41) is 2.99. The van der Waals surface area contributed by atoms with Crippen LogP contribution in [-0.4, -0.2) is 28.0 Å². The fourth-order valence-corrected chi connectivity index (χ4v) is 5.52. The molecule has 7 heteroatoms. The molecule has 190 valence electrons. The Morgan fingerprint density at radius 2 is 1.43 bits per heavy atom. The summed E-state index contributed by atoms with van der Waals surface area (Å²) in [7, 11) is -2.48. The van der Waals surface area contributed by atoms with Gasteiger partial charge in [-0.25, -0.2) is 8.42 Å². The van der Waals surface area contributed by atoms with E-state index in [0.29, 0.717) is 18.0 Å². The lowest BCUT2D eigenvalue weighted by molar-refractivity contribution is 0.0952. The Balaban J connectivity index is 1.68. The van der Waals surface area contributed by atoms with Gasteiger partial charge in [0.25, 0.3) is 15.9 Å². The molecule has 1 amide bonds. The number of para-hydroxylation sites is 1. The van der Waals surface area contributed by atoms with E-state index < -0.39 is 10.0 Å². The summed E-state index contributed by atoms with van der Waals surface area (Å²) in [6, 6.07) is 32.3. The minimum atomic E-state index is -4.01. The van der Waals surface area contributed by atoms with Gasteiger partial charge in [-0.1, -0.05) is 79.7 Å². The van der Waals surface area contributed by atoms with Crippen LogP contribution in [0.4, 0.5) is 5.69 Å². The fourth-order valence-electron chi connectivity index (χ4n) is 4.05. The second-order valence-corrected chi connectivity index (χ2v) is 10.6. The van der Waals surface area contributed by atoms with Crippen molar-refractivity contribution in [1.29, 1.82) is 0 Å². The van der Waals surface area contributed by atoms with Crippen molar-refractivity contribution in [3.8, 4) is 5.75 Å². The standard InChI is InChI=1S/C30H30N2O4S/c1-23(25-13-7-4-8-14-25)21-31-30(33)28-15-9-10-16-29(28)32(22-24-11-5-3-6-12-24)37(34,35)27-19-17-26(36-2)18-20-27/h3-20,23H,21-22H2,1-2H3,(H,31,33). The minimum absolute atomic E-state index is 0.0694. The van der Waals surface area contributed by atoms with Crippen molar-refractivity contribution in [3.05, 3.63) is 126 Å². The number of amides is 1. The van der Waals surface area contributed by atoms with Gasteiger partial charge in [0, 0.05) is 6.54 Å². The normalized spacial score (nSPS) is 11.9. The molecule has 4 aromatic carbocycles. The Morgan fingerprint density at radius 3 is 2.08 bits per heavy atom. The van der Waals surface area contributed by atoms with Crippen LogP contribution in [-0.2, 0) is 16.6 Å². The van der Waals surface area contributed by atoms with Crippen molar-refractivity contribution in [2.24, 2.45) is 0 Å². The van der Waals surface area contributed by atoms with E-state index in [0.717, 1.165) is 11.1 Å². The number of hydrogen-bond acceptors (Lipinski definition) is 4. The number of carbonyl (C=O) groups excluding carboxylic acids is 1. The zero-order chi connectivity index (χ0) is 26.3. The summed E-state index contributed by atoms with van der Waals surface area (Å²) < 4.78 is 34.3. The number of rotatable bonds is 10. The molecule has 0 radical (unpaired) electrons. The number of sulfonamides is 1. The molecule has 4 aromatic rings. The number of anilines is 1. The molecule has 1 N–H and O–H groups in total. The number of methoxy groups -OCH3 is 1. The third-order valence-electron chi connectivity index (χ3n) is 6.17. The van der Waals surface area contributed by atoms with Gasteiger partial charge in [0.05, 0.1) is 29.8 Å². The van der Waals surface area contributed by atoms with Crippen molar-refractivity contribution in [2.75, 3.05) is 18.0 Å². The van der Waals surface area contributed by atoms with Gasteiger partial charge in [-0.15, -0.1) is 0 Å². The Labute approximate surface area is 218 Å². The molecule has 1 atom stereocenters. The molecule has 0 aromatic heterocycles. The van der Waals surface area contributed by atoms with Gasteiger partial charge < -0.3 is 10.1 Å². The highest BCUT2D eigenvalue weighted by molar-refractivity contribution is 7.92. The van der Waals surface area contributed by atoms with Gasteiger partial charge in [-0.3, -0.25) is 9.10 Å². The van der Waals surface area contributed by atoms with Crippen molar-refractivity contribution < 1.29 is 17.9 Å². The van der Waals surface area contributed by atoms with Gasteiger partial charge in [0.15, 0.2) is 0 Å². The second-order valence-electron chi connectivity index (χ2n) is 8.71. The van der Waals surface area contributed by atoms with Crippen LogP contribution < -0.4 is 14.4 Å². The summed E-state index contributed by atoms with van der Waals surface area (Å²) in [5.41, 5.74) is 2.51. The first kappa shape index (κ1) is 26.0. The smallest absolute Gasteiger partial charge is 0.264 e. The number of hydrogen-bond donors (Lipinski definition) is 1. The lowest BCUT2D eigenvalue weighted by atomic mass is 10.0. The van der Waals surface area contributed by atoms with E-state index in [1.165, 1.54) is 23.5 Å². The number of nitrogens with one attached hydrogen (secondary N) is 1. The van der Waals surface area contributed by atoms with Crippen molar-refractivity contribution in [1.82, 2.24) is 5.32 Å². The van der Waals surface area contributed by atoms with Crippen molar-refractivity contribution in [2.45, 2.75) is 24.3 Å². The molecule has 4 rings (SSSR count). The molecule has 6 nitrogen and oxygen atoms in total. The minimum Gasteiger partial charge on any atom is -0.497 e. The lowest BCUT2D eigenvalue weighted by Gasteiger charge is -2.27. The summed E-state index contributed by atoms with van der Waals surface area (Å²) >= 11 is 0. The van der Waals surface area contributed by atoms with E-state index in [2.05, 4.69) is 5.32 Å². The Bertz CT molecular complexity index is 1420. The molecule has 37 heavy (non-hydrogen) atoms. The first-order chi connectivity index (χ1) is 17.9. The molecule has 0 bridgehead atoms. The number of carbonyl (C=O) groups is 1. The topological polar surface area (TPSA) is 75.7 Å². The van der Waals surface area contributed by atoms with Crippen LogP contribution in [0.5, 0.6) is 5.75 Å². The van der Waals surface area contributed by atoms with Gasteiger partial charge in [0.1, 0.15) is 5.75 Å². The Kier molecular flexibility index (Phi) is 8.25. The van der Waals surface area contributed by atoms with E-state index in [9.17, 15) is 13.2 Å². The average Bonchev–Trinajstić information content (AvgIpc) is 2.95. The molecule has 0 saturated heterocycles. The molecular formula is C30H30N2O4S. The largest absolute Gasteiger partial charge is 0.497 e. The number of nitrogens with zero attached hydrogens (tertiary/aromatic N) is 1. The monoisotopic (exact) mass is 514 g/mol. The van der Waals surface area contributed by atoms with Crippen molar-refractivity contribution >= 4 is 21.6 Å². The summed E-state index contributed by atoms with van der Waals surface area (Å²) in [4.78, 5) is 13.5.